The first kappa shape index (κ1) is 14.0. The van der Waals surface area contributed by atoms with Crippen LogP contribution in [0.15, 0.2) is 29.8 Å². The Kier molecular flexibility index (Phi) is 4.02. The number of aryl methyl sites for hydroxylation is 1. The van der Waals surface area contributed by atoms with Crippen molar-refractivity contribution >= 4 is 34.5 Å². The van der Waals surface area contributed by atoms with Crippen molar-refractivity contribution in [1.29, 1.82) is 5.26 Å². The van der Waals surface area contributed by atoms with Crippen LogP contribution in [0.25, 0.3) is 17.0 Å². The highest BCUT2D eigenvalue weighted by molar-refractivity contribution is 6.31. The second-order valence-corrected chi connectivity index (χ2v) is 4.58. The summed E-state index contributed by atoms with van der Waals surface area (Å²) in [7, 11) is 1.22. The Balaban J connectivity index is 2.58. The fourth-order valence-corrected chi connectivity index (χ4v) is 1.97. The van der Waals surface area contributed by atoms with Crippen LogP contribution in [-0.4, -0.2) is 18.1 Å². The summed E-state index contributed by atoms with van der Waals surface area (Å²) >= 11 is 6.09. The van der Waals surface area contributed by atoms with Crippen molar-refractivity contribution in [2.24, 2.45) is 0 Å². The number of fused-ring (bicyclic) bond motifs is 1. The van der Waals surface area contributed by atoms with E-state index in [0.717, 1.165) is 16.5 Å². The molecular weight excluding hydrogens is 276 g/mol. The Morgan fingerprint density at radius 2 is 2.20 bits per heavy atom. The average Bonchev–Trinajstić information content (AvgIpc) is 2.44. The van der Waals surface area contributed by atoms with Crippen molar-refractivity contribution in [3.05, 3.63) is 46.1 Å². The molecule has 0 spiro atoms. The molecule has 1 aromatic carbocycles. The van der Waals surface area contributed by atoms with E-state index < -0.39 is 5.97 Å². The molecule has 100 valence electrons. The average molecular weight is 287 g/mol. The lowest BCUT2D eigenvalue weighted by Crippen LogP contribution is -2.02. The number of hydrogen-bond acceptors (Lipinski definition) is 4. The molecule has 0 radical (unpaired) electrons. The number of nitrogens with zero attached hydrogens (tertiary/aromatic N) is 2. The molecule has 0 aliphatic carbocycles. The number of nitriles is 1. The smallest absolute Gasteiger partial charge is 0.348 e. The molecule has 20 heavy (non-hydrogen) atoms. The van der Waals surface area contributed by atoms with Gasteiger partial charge in [-0.3, -0.25) is 0 Å². The van der Waals surface area contributed by atoms with E-state index >= 15 is 0 Å². The molecule has 1 aromatic heterocycles. The molecule has 0 amide bonds. The predicted molar refractivity (Wildman–Crippen MR) is 77.1 cm³/mol. The number of esters is 1. The summed E-state index contributed by atoms with van der Waals surface area (Å²) in [5.74, 6) is -0.701. The third kappa shape index (κ3) is 2.79. The molecule has 2 aromatic rings. The molecule has 2 rings (SSSR count). The van der Waals surface area contributed by atoms with Gasteiger partial charge in [-0.2, -0.15) is 5.26 Å². The number of rotatable bonds is 2. The van der Waals surface area contributed by atoms with Crippen LogP contribution < -0.4 is 0 Å². The van der Waals surface area contributed by atoms with E-state index in [2.05, 4.69) is 9.72 Å². The summed E-state index contributed by atoms with van der Waals surface area (Å²) in [4.78, 5) is 15.7. The van der Waals surface area contributed by atoms with Gasteiger partial charge in [-0.25, -0.2) is 9.78 Å². The van der Waals surface area contributed by atoms with Gasteiger partial charge in [0, 0.05) is 10.9 Å². The lowest BCUT2D eigenvalue weighted by Gasteiger charge is -2.04. The van der Waals surface area contributed by atoms with Crippen LogP contribution in [0.3, 0.4) is 0 Å². The number of carbonyl (C=O) groups excluding carboxylic acids is 1. The maximum Gasteiger partial charge on any atom is 0.348 e. The quantitative estimate of drug-likeness (QED) is 0.368. The standard InChI is InChI=1S/C15H11ClN2O2/c1-9-3-4-10-6-11(14(16)18-13(10)5-9)7-12(8-17)15(19)20-2/h3-7H,1-2H3/b12-7+. The minimum absolute atomic E-state index is 0.123. The van der Waals surface area contributed by atoms with Crippen LogP contribution in [0.1, 0.15) is 11.1 Å². The number of ether oxygens (including phenoxy) is 1. The van der Waals surface area contributed by atoms with Gasteiger partial charge in [0.2, 0.25) is 0 Å². The largest absolute Gasteiger partial charge is 0.465 e. The van der Waals surface area contributed by atoms with E-state index in [0.29, 0.717) is 5.56 Å². The Hall–Kier alpha value is -2.38. The zero-order chi connectivity index (χ0) is 14.7. The van der Waals surface area contributed by atoms with E-state index in [-0.39, 0.29) is 10.7 Å². The Bertz CT molecular complexity index is 760. The Morgan fingerprint density at radius 1 is 1.45 bits per heavy atom. The van der Waals surface area contributed by atoms with Gasteiger partial charge in [0.25, 0.3) is 0 Å². The number of aromatic nitrogens is 1. The number of methoxy groups -OCH3 is 1. The van der Waals surface area contributed by atoms with Crippen molar-refractivity contribution in [2.75, 3.05) is 7.11 Å². The molecule has 0 saturated carbocycles. The molecule has 0 saturated heterocycles. The second kappa shape index (κ2) is 5.72. The highest BCUT2D eigenvalue weighted by Gasteiger charge is 2.11. The van der Waals surface area contributed by atoms with Gasteiger partial charge in [-0.1, -0.05) is 23.7 Å². The van der Waals surface area contributed by atoms with Gasteiger partial charge >= 0.3 is 5.97 Å². The van der Waals surface area contributed by atoms with Crippen molar-refractivity contribution in [3.8, 4) is 6.07 Å². The molecule has 0 unspecified atom stereocenters. The third-order valence-electron chi connectivity index (χ3n) is 2.78. The molecular formula is C15H11ClN2O2. The van der Waals surface area contributed by atoms with Crippen molar-refractivity contribution in [2.45, 2.75) is 6.92 Å². The molecule has 4 nitrogen and oxygen atoms in total. The minimum Gasteiger partial charge on any atom is -0.465 e. The zero-order valence-corrected chi connectivity index (χ0v) is 11.7. The maximum atomic E-state index is 11.4. The van der Waals surface area contributed by atoms with Crippen molar-refractivity contribution in [3.63, 3.8) is 0 Å². The number of pyridine rings is 1. The van der Waals surface area contributed by atoms with Crippen LogP contribution in [0.4, 0.5) is 0 Å². The summed E-state index contributed by atoms with van der Waals surface area (Å²) in [5.41, 5.74) is 2.23. The molecule has 0 bridgehead atoms. The number of benzene rings is 1. The van der Waals surface area contributed by atoms with Crippen LogP contribution in [0, 0.1) is 18.3 Å². The number of halogens is 1. The molecule has 0 fully saturated rings. The lowest BCUT2D eigenvalue weighted by atomic mass is 10.1. The molecule has 0 atom stereocenters. The second-order valence-electron chi connectivity index (χ2n) is 4.23. The highest BCUT2D eigenvalue weighted by atomic mass is 35.5. The molecule has 0 aliphatic heterocycles. The van der Waals surface area contributed by atoms with Crippen molar-refractivity contribution in [1.82, 2.24) is 4.98 Å². The predicted octanol–water partition coefficient (Wildman–Crippen LogP) is 3.28. The van der Waals surface area contributed by atoms with Gasteiger partial charge in [0.1, 0.15) is 16.8 Å². The SMILES string of the molecule is COC(=O)/C(C#N)=C/c1cc2ccc(C)cc2nc1Cl. The van der Waals surface area contributed by atoms with Crippen LogP contribution in [0.5, 0.6) is 0 Å². The van der Waals surface area contributed by atoms with Gasteiger partial charge in [-0.05, 0) is 30.7 Å². The molecule has 0 N–H and O–H groups in total. The topological polar surface area (TPSA) is 63.0 Å². The van der Waals surface area contributed by atoms with E-state index in [4.69, 9.17) is 16.9 Å². The normalized spacial score (nSPS) is 11.2. The van der Waals surface area contributed by atoms with Gasteiger partial charge in [0.05, 0.1) is 12.6 Å². The van der Waals surface area contributed by atoms with Crippen LogP contribution in [0.2, 0.25) is 5.15 Å². The van der Waals surface area contributed by atoms with Gasteiger partial charge in [-0.15, -0.1) is 0 Å². The van der Waals surface area contributed by atoms with E-state index in [9.17, 15) is 4.79 Å². The molecule has 0 aliphatic rings. The molecule has 1 heterocycles. The Morgan fingerprint density at radius 3 is 2.85 bits per heavy atom. The molecule has 5 heteroatoms. The van der Waals surface area contributed by atoms with E-state index in [1.54, 1.807) is 12.1 Å². The summed E-state index contributed by atoms with van der Waals surface area (Å²) in [6.45, 7) is 1.97. The first-order valence-corrected chi connectivity index (χ1v) is 6.20. The van der Waals surface area contributed by atoms with Crippen molar-refractivity contribution < 1.29 is 9.53 Å². The fraction of sp³-hybridized carbons (Fsp3) is 0.133. The zero-order valence-electron chi connectivity index (χ0n) is 11.0. The highest BCUT2D eigenvalue weighted by Crippen LogP contribution is 2.23. The monoisotopic (exact) mass is 286 g/mol. The summed E-state index contributed by atoms with van der Waals surface area (Å²) < 4.78 is 4.53. The number of carbonyl (C=O) groups is 1. The summed E-state index contributed by atoms with van der Waals surface area (Å²) in [5, 5.41) is 10.1. The first-order valence-electron chi connectivity index (χ1n) is 5.82. The summed E-state index contributed by atoms with van der Waals surface area (Å²) in [6, 6.07) is 9.35. The van der Waals surface area contributed by atoms with Crippen LogP contribution >= 0.6 is 11.6 Å². The van der Waals surface area contributed by atoms with Crippen LogP contribution in [-0.2, 0) is 9.53 Å². The first-order chi connectivity index (χ1) is 9.55. The fourth-order valence-electron chi connectivity index (χ4n) is 1.77. The summed E-state index contributed by atoms with van der Waals surface area (Å²) in [6.07, 6.45) is 1.38. The van der Waals surface area contributed by atoms with E-state index in [1.165, 1.54) is 13.2 Å². The number of hydrogen-bond donors (Lipinski definition) is 0. The maximum absolute atomic E-state index is 11.4. The van der Waals surface area contributed by atoms with Gasteiger partial charge < -0.3 is 4.74 Å². The Labute approximate surface area is 121 Å². The van der Waals surface area contributed by atoms with Gasteiger partial charge in [0.15, 0.2) is 0 Å². The lowest BCUT2D eigenvalue weighted by molar-refractivity contribution is -0.135. The van der Waals surface area contributed by atoms with E-state index in [1.807, 2.05) is 25.1 Å². The minimum atomic E-state index is -0.701. The third-order valence-corrected chi connectivity index (χ3v) is 3.08.